The molecule has 0 radical (unpaired) electrons. The number of aromatic nitrogens is 2. The zero-order chi connectivity index (χ0) is 9.71. The van der Waals surface area contributed by atoms with E-state index >= 15 is 0 Å². The number of aryl methyl sites for hydroxylation is 2. The third kappa shape index (κ3) is 1.34. The number of rotatable bonds is 0. The zero-order valence-corrected chi connectivity index (χ0v) is 9.29. The minimum atomic E-state index is -0.317. The van der Waals surface area contributed by atoms with Crippen LogP contribution in [-0.4, -0.2) is 14.7 Å². The van der Waals surface area contributed by atoms with Crippen molar-refractivity contribution in [2.75, 3.05) is 0 Å². The summed E-state index contributed by atoms with van der Waals surface area (Å²) in [5, 5.41) is 9.84. The summed E-state index contributed by atoms with van der Waals surface area (Å²) in [7, 11) is 0. The molecule has 1 unspecified atom stereocenters. The van der Waals surface area contributed by atoms with Gasteiger partial charge >= 0.3 is 0 Å². The summed E-state index contributed by atoms with van der Waals surface area (Å²) in [6.07, 6.45) is 0.478. The minimum Gasteiger partial charge on any atom is -0.388 e. The van der Waals surface area contributed by atoms with Gasteiger partial charge in [-0.3, -0.25) is 0 Å². The predicted octanol–water partition coefficient (Wildman–Crippen LogP) is 2.20. The van der Waals surface area contributed by atoms with Crippen molar-refractivity contribution in [1.82, 2.24) is 9.55 Å². The molecule has 2 heterocycles. The van der Waals surface area contributed by atoms with Gasteiger partial charge in [0.1, 0.15) is 5.82 Å². The van der Waals surface area contributed by atoms with E-state index in [2.05, 4.69) is 9.55 Å². The Hall–Kier alpha value is -1.06. The molecule has 1 atom stereocenters. The molecule has 15 heavy (non-hydrogen) atoms. The summed E-state index contributed by atoms with van der Waals surface area (Å²) in [4.78, 5) is 4.47. The Morgan fingerprint density at radius 2 is 2.27 bits per heavy atom. The van der Waals surface area contributed by atoms with Gasteiger partial charge in [0.15, 0.2) is 0 Å². The smallest absolute Gasteiger partial charge is 0.106 e. The Balaban J connectivity index is 0.000000853. The number of aliphatic hydroxyl groups is 1. The van der Waals surface area contributed by atoms with E-state index in [0.717, 1.165) is 35.4 Å². The van der Waals surface area contributed by atoms with Crippen molar-refractivity contribution >= 4 is 23.4 Å². The highest BCUT2D eigenvalue weighted by atomic mass is 35.5. The number of imidazole rings is 1. The molecule has 3 rings (SSSR count). The van der Waals surface area contributed by atoms with Gasteiger partial charge < -0.3 is 9.67 Å². The van der Waals surface area contributed by atoms with Crippen molar-refractivity contribution in [3.05, 3.63) is 29.6 Å². The minimum absolute atomic E-state index is 0. The lowest BCUT2D eigenvalue weighted by molar-refractivity contribution is 0.156. The summed E-state index contributed by atoms with van der Waals surface area (Å²) in [6, 6.07) is 5.95. The van der Waals surface area contributed by atoms with Gasteiger partial charge in [-0.2, -0.15) is 0 Å². The molecule has 1 aliphatic heterocycles. The number of hydrogen-bond donors (Lipinski definition) is 1. The van der Waals surface area contributed by atoms with E-state index in [-0.39, 0.29) is 18.5 Å². The molecule has 1 aromatic carbocycles. The Morgan fingerprint density at radius 1 is 1.47 bits per heavy atom. The predicted molar refractivity (Wildman–Crippen MR) is 61.3 cm³/mol. The van der Waals surface area contributed by atoms with E-state index < -0.39 is 0 Å². The van der Waals surface area contributed by atoms with Crippen LogP contribution in [0.4, 0.5) is 0 Å². The van der Waals surface area contributed by atoms with Crippen LogP contribution in [0.15, 0.2) is 18.2 Å². The van der Waals surface area contributed by atoms with Crippen LogP contribution in [0.3, 0.4) is 0 Å². The van der Waals surface area contributed by atoms with Gasteiger partial charge in [-0.15, -0.1) is 12.4 Å². The highest BCUT2D eigenvalue weighted by Gasteiger charge is 2.21. The molecule has 0 amide bonds. The average Bonchev–Trinajstić information content (AvgIpc) is 2.50. The first-order valence-corrected chi connectivity index (χ1v) is 4.91. The highest BCUT2D eigenvalue weighted by Crippen LogP contribution is 2.31. The second kappa shape index (κ2) is 3.51. The molecule has 0 fully saturated rings. The lowest BCUT2D eigenvalue weighted by Gasteiger charge is -2.20. The number of nitrogens with zero attached hydrogens (tertiary/aromatic N) is 2. The number of para-hydroxylation sites is 1. The summed E-state index contributed by atoms with van der Waals surface area (Å²) >= 11 is 0. The topological polar surface area (TPSA) is 38.0 Å². The normalized spacial score (nSPS) is 18.9. The maximum atomic E-state index is 9.84. The number of benzene rings is 1. The van der Waals surface area contributed by atoms with Gasteiger partial charge in [-0.05, 0) is 19.4 Å². The first kappa shape index (κ1) is 10.5. The second-order valence-corrected chi connectivity index (χ2v) is 3.83. The Morgan fingerprint density at radius 3 is 3.07 bits per heavy atom. The lowest BCUT2D eigenvalue weighted by Crippen LogP contribution is -2.13. The van der Waals surface area contributed by atoms with Crippen molar-refractivity contribution in [3.63, 3.8) is 0 Å². The van der Waals surface area contributed by atoms with Crippen molar-refractivity contribution in [3.8, 4) is 0 Å². The molecule has 1 aromatic heterocycles. The Labute approximate surface area is 94.2 Å². The Bertz CT molecular complexity index is 507. The monoisotopic (exact) mass is 224 g/mol. The van der Waals surface area contributed by atoms with Gasteiger partial charge in [-0.1, -0.05) is 12.1 Å². The molecule has 1 N–H and O–H groups in total. The van der Waals surface area contributed by atoms with Gasteiger partial charge in [0.2, 0.25) is 0 Å². The highest BCUT2D eigenvalue weighted by molar-refractivity contribution is 5.85. The molecule has 0 saturated heterocycles. The summed E-state index contributed by atoms with van der Waals surface area (Å²) in [6.45, 7) is 2.89. The SMILES string of the molecule is Cc1nc2cccc3c2n1CCC3O.Cl. The molecule has 4 heteroatoms. The molecule has 0 bridgehead atoms. The van der Waals surface area contributed by atoms with Gasteiger partial charge in [0.05, 0.1) is 17.1 Å². The number of halogens is 1. The van der Waals surface area contributed by atoms with Crippen LogP contribution < -0.4 is 0 Å². The van der Waals surface area contributed by atoms with Gasteiger partial charge in [0, 0.05) is 12.1 Å². The second-order valence-electron chi connectivity index (χ2n) is 3.83. The van der Waals surface area contributed by atoms with Crippen molar-refractivity contribution < 1.29 is 5.11 Å². The zero-order valence-electron chi connectivity index (χ0n) is 8.47. The maximum absolute atomic E-state index is 9.84. The first-order chi connectivity index (χ1) is 6.77. The van der Waals surface area contributed by atoms with Crippen molar-refractivity contribution in [2.24, 2.45) is 0 Å². The number of aliphatic hydroxyl groups excluding tert-OH is 1. The first-order valence-electron chi connectivity index (χ1n) is 4.91. The summed E-state index contributed by atoms with van der Waals surface area (Å²) in [5.74, 6) is 1.04. The standard InChI is InChI=1S/C11H12N2O.ClH/c1-7-12-9-4-2-3-8-10(14)5-6-13(7)11(8)9;/h2-4,10,14H,5-6H2,1H3;1H. The molecule has 1 aliphatic rings. The molecule has 2 aromatic rings. The van der Waals surface area contributed by atoms with Crippen LogP contribution in [0.1, 0.15) is 23.9 Å². The van der Waals surface area contributed by atoms with Crippen LogP contribution >= 0.6 is 12.4 Å². The molecule has 0 aliphatic carbocycles. The lowest BCUT2D eigenvalue weighted by atomic mass is 10.0. The maximum Gasteiger partial charge on any atom is 0.106 e. The van der Waals surface area contributed by atoms with E-state index in [9.17, 15) is 5.11 Å². The largest absolute Gasteiger partial charge is 0.388 e. The molecular weight excluding hydrogens is 212 g/mol. The average molecular weight is 225 g/mol. The molecule has 0 saturated carbocycles. The molecule has 3 nitrogen and oxygen atoms in total. The molecule has 80 valence electrons. The van der Waals surface area contributed by atoms with Crippen LogP contribution in [0, 0.1) is 6.92 Å². The fourth-order valence-corrected chi connectivity index (χ4v) is 2.28. The van der Waals surface area contributed by atoms with E-state index in [1.54, 1.807) is 0 Å². The Kier molecular flexibility index (Phi) is 2.44. The van der Waals surface area contributed by atoms with Crippen molar-refractivity contribution in [1.29, 1.82) is 0 Å². The van der Waals surface area contributed by atoms with Gasteiger partial charge in [0.25, 0.3) is 0 Å². The van der Waals surface area contributed by atoms with E-state index in [1.807, 2.05) is 25.1 Å². The van der Waals surface area contributed by atoms with Crippen LogP contribution in [-0.2, 0) is 6.54 Å². The third-order valence-electron chi connectivity index (χ3n) is 2.97. The van der Waals surface area contributed by atoms with Crippen LogP contribution in [0.25, 0.3) is 11.0 Å². The molecular formula is C11H13ClN2O. The van der Waals surface area contributed by atoms with E-state index in [0.29, 0.717) is 0 Å². The summed E-state index contributed by atoms with van der Waals surface area (Å²) in [5.41, 5.74) is 3.14. The van der Waals surface area contributed by atoms with Crippen molar-refractivity contribution in [2.45, 2.75) is 26.0 Å². The molecule has 0 spiro atoms. The van der Waals surface area contributed by atoms with E-state index in [4.69, 9.17) is 0 Å². The van der Waals surface area contributed by atoms with Crippen LogP contribution in [0.5, 0.6) is 0 Å². The van der Waals surface area contributed by atoms with Crippen LogP contribution in [0.2, 0.25) is 0 Å². The third-order valence-corrected chi connectivity index (χ3v) is 2.97. The fraction of sp³-hybridized carbons (Fsp3) is 0.364. The van der Waals surface area contributed by atoms with Gasteiger partial charge in [-0.25, -0.2) is 4.98 Å². The fourth-order valence-electron chi connectivity index (χ4n) is 2.28. The quantitative estimate of drug-likeness (QED) is 0.745. The number of hydrogen-bond acceptors (Lipinski definition) is 2. The summed E-state index contributed by atoms with van der Waals surface area (Å²) < 4.78 is 2.19. The van der Waals surface area contributed by atoms with E-state index in [1.165, 1.54) is 0 Å².